The van der Waals surface area contributed by atoms with Gasteiger partial charge < -0.3 is 10.6 Å². The second-order valence-corrected chi connectivity index (χ2v) is 4.70. The lowest BCUT2D eigenvalue weighted by Crippen LogP contribution is -2.25. The summed E-state index contributed by atoms with van der Waals surface area (Å²) >= 11 is 0. The van der Waals surface area contributed by atoms with Crippen LogP contribution in [0.5, 0.6) is 0 Å². The summed E-state index contributed by atoms with van der Waals surface area (Å²) in [6.07, 6.45) is 4.06. The van der Waals surface area contributed by atoms with Gasteiger partial charge in [-0.2, -0.15) is 5.26 Å². The highest BCUT2D eigenvalue weighted by Gasteiger charge is 2.13. The van der Waals surface area contributed by atoms with Gasteiger partial charge in [0.2, 0.25) is 0 Å². The molecular weight excluding hydrogens is 248 g/mol. The van der Waals surface area contributed by atoms with Crippen LogP contribution in [0.15, 0.2) is 42.7 Å². The topological polar surface area (TPSA) is 65.9 Å². The number of para-hydroxylation sites is 1. The Hall–Kier alpha value is -2.54. The van der Waals surface area contributed by atoms with Gasteiger partial charge in [0.15, 0.2) is 0 Å². The third-order valence-electron chi connectivity index (χ3n) is 3.17. The molecule has 0 spiro atoms. The van der Waals surface area contributed by atoms with Crippen molar-refractivity contribution in [1.29, 1.82) is 5.26 Å². The van der Waals surface area contributed by atoms with Gasteiger partial charge in [-0.05, 0) is 30.2 Å². The van der Waals surface area contributed by atoms with Crippen molar-refractivity contribution in [3.63, 3.8) is 0 Å². The molecule has 0 fully saturated rings. The van der Waals surface area contributed by atoms with Crippen LogP contribution in [0.1, 0.15) is 17.5 Å². The lowest BCUT2D eigenvalue weighted by atomic mass is 10.1. The molecule has 2 N–H and O–H groups in total. The average molecular weight is 266 g/mol. The van der Waals surface area contributed by atoms with E-state index in [9.17, 15) is 0 Å². The van der Waals surface area contributed by atoms with Crippen LogP contribution in [-0.2, 0) is 6.54 Å². The minimum absolute atomic E-state index is 0.466. The van der Waals surface area contributed by atoms with E-state index in [1.165, 1.54) is 0 Å². The van der Waals surface area contributed by atoms with Crippen molar-refractivity contribution in [3.8, 4) is 6.07 Å². The fourth-order valence-corrected chi connectivity index (χ4v) is 2.28. The van der Waals surface area contributed by atoms with Gasteiger partial charge >= 0.3 is 0 Å². The van der Waals surface area contributed by atoms with Gasteiger partial charge in [0, 0.05) is 25.5 Å². The lowest BCUT2D eigenvalue weighted by Gasteiger charge is -2.27. The first-order chi connectivity index (χ1) is 9.72. The average Bonchev–Trinajstić information content (AvgIpc) is 2.45. The van der Waals surface area contributed by atoms with E-state index in [1.807, 2.05) is 43.5 Å². The van der Waals surface area contributed by atoms with Gasteiger partial charge in [-0.25, -0.2) is 0 Å². The highest BCUT2D eigenvalue weighted by atomic mass is 15.1. The molecule has 4 nitrogen and oxygen atoms in total. The fraction of sp³-hybridized carbons (Fsp3) is 0.250. The normalized spacial score (nSPS) is 10.0. The summed E-state index contributed by atoms with van der Waals surface area (Å²) in [5, 5.41) is 8.85. The van der Waals surface area contributed by atoms with Gasteiger partial charge in [-0.15, -0.1) is 0 Å². The molecule has 0 aliphatic rings. The van der Waals surface area contributed by atoms with E-state index in [4.69, 9.17) is 11.0 Å². The predicted octanol–water partition coefficient (Wildman–Crippen LogP) is 2.89. The molecule has 1 aromatic heterocycles. The van der Waals surface area contributed by atoms with Crippen molar-refractivity contribution in [2.75, 3.05) is 17.2 Å². The van der Waals surface area contributed by atoms with Crippen LogP contribution in [0.2, 0.25) is 0 Å². The van der Waals surface area contributed by atoms with Crippen molar-refractivity contribution in [2.45, 2.75) is 19.9 Å². The molecule has 0 aliphatic heterocycles. The summed E-state index contributed by atoms with van der Waals surface area (Å²) in [5.41, 5.74) is 10.1. The van der Waals surface area contributed by atoms with Crippen LogP contribution in [0.4, 0.5) is 11.4 Å². The number of aromatic nitrogens is 1. The molecule has 0 bridgehead atoms. The Morgan fingerprint density at radius 3 is 2.80 bits per heavy atom. The zero-order chi connectivity index (χ0) is 14.4. The smallest absolute Gasteiger partial charge is 0.0640 e. The van der Waals surface area contributed by atoms with Crippen LogP contribution in [0.3, 0.4) is 0 Å². The second-order valence-electron chi connectivity index (χ2n) is 4.70. The lowest BCUT2D eigenvalue weighted by molar-refractivity contribution is 0.793. The molecule has 1 aromatic carbocycles. The molecule has 2 rings (SSSR count). The number of hydrogen-bond donors (Lipinski definition) is 1. The minimum atomic E-state index is 0.466. The van der Waals surface area contributed by atoms with Crippen LogP contribution in [0.25, 0.3) is 0 Å². The number of rotatable bonds is 5. The first-order valence-corrected chi connectivity index (χ1v) is 6.58. The number of anilines is 2. The monoisotopic (exact) mass is 266 g/mol. The van der Waals surface area contributed by atoms with E-state index < -0.39 is 0 Å². The van der Waals surface area contributed by atoms with E-state index in [0.717, 1.165) is 22.5 Å². The van der Waals surface area contributed by atoms with Crippen molar-refractivity contribution in [2.24, 2.45) is 0 Å². The first kappa shape index (κ1) is 13.9. The summed E-state index contributed by atoms with van der Waals surface area (Å²) in [4.78, 5) is 6.28. The Kier molecular flexibility index (Phi) is 4.56. The third kappa shape index (κ3) is 3.27. The van der Waals surface area contributed by atoms with Crippen molar-refractivity contribution in [3.05, 3.63) is 53.9 Å². The maximum Gasteiger partial charge on any atom is 0.0640 e. The molecule has 0 saturated carbocycles. The maximum atomic E-state index is 8.85. The number of pyridine rings is 1. The van der Waals surface area contributed by atoms with E-state index in [0.29, 0.717) is 19.5 Å². The molecule has 0 atom stereocenters. The summed E-state index contributed by atoms with van der Waals surface area (Å²) in [5.74, 6) is 0. The Bertz CT molecular complexity index is 581. The summed E-state index contributed by atoms with van der Waals surface area (Å²) in [6.45, 7) is 3.39. The largest absolute Gasteiger partial charge is 0.397 e. The van der Waals surface area contributed by atoms with Gasteiger partial charge in [-0.3, -0.25) is 4.98 Å². The Balaban J connectivity index is 2.30. The number of hydrogen-bond acceptors (Lipinski definition) is 4. The third-order valence-corrected chi connectivity index (χ3v) is 3.17. The van der Waals surface area contributed by atoms with E-state index in [1.54, 1.807) is 6.20 Å². The SMILES string of the molecule is Cc1cccc(N)c1N(CCC#N)Cc1cccnc1. The molecule has 0 amide bonds. The summed E-state index contributed by atoms with van der Waals surface area (Å²) in [7, 11) is 0. The number of aryl methyl sites for hydroxylation is 1. The predicted molar refractivity (Wildman–Crippen MR) is 81.1 cm³/mol. The zero-order valence-corrected chi connectivity index (χ0v) is 11.6. The number of benzene rings is 1. The van der Waals surface area contributed by atoms with Gasteiger partial charge in [-0.1, -0.05) is 18.2 Å². The number of nitriles is 1. The summed E-state index contributed by atoms with van der Waals surface area (Å²) < 4.78 is 0. The quantitative estimate of drug-likeness (QED) is 0.845. The van der Waals surface area contributed by atoms with Gasteiger partial charge in [0.1, 0.15) is 0 Å². The van der Waals surface area contributed by atoms with Crippen LogP contribution < -0.4 is 10.6 Å². The molecule has 0 radical (unpaired) electrons. The van der Waals surface area contributed by atoms with Gasteiger partial charge in [0.05, 0.1) is 23.9 Å². The zero-order valence-electron chi connectivity index (χ0n) is 11.6. The Morgan fingerprint density at radius 2 is 2.15 bits per heavy atom. The van der Waals surface area contributed by atoms with E-state index >= 15 is 0 Å². The number of nitrogen functional groups attached to an aromatic ring is 1. The summed E-state index contributed by atoms with van der Waals surface area (Å²) in [6, 6.07) is 12.0. The highest BCUT2D eigenvalue weighted by molar-refractivity contribution is 5.71. The molecule has 1 heterocycles. The number of nitrogens with two attached hydrogens (primary N) is 1. The second kappa shape index (κ2) is 6.58. The van der Waals surface area contributed by atoms with Crippen LogP contribution in [0, 0.1) is 18.3 Å². The number of nitrogens with zero attached hydrogens (tertiary/aromatic N) is 3. The molecule has 0 saturated heterocycles. The van der Waals surface area contributed by atoms with Crippen LogP contribution >= 0.6 is 0 Å². The standard InChI is InChI=1S/C16H18N4/c1-13-5-2-7-15(18)16(13)20(10-4-8-17)12-14-6-3-9-19-11-14/h2-3,5-7,9,11H,4,10,12,18H2,1H3. The van der Waals surface area contributed by atoms with Crippen LogP contribution in [-0.4, -0.2) is 11.5 Å². The van der Waals surface area contributed by atoms with E-state index in [2.05, 4.69) is 16.0 Å². The molecule has 20 heavy (non-hydrogen) atoms. The molecule has 0 unspecified atom stereocenters. The molecular formula is C16H18N4. The van der Waals surface area contributed by atoms with Gasteiger partial charge in [0.25, 0.3) is 0 Å². The van der Waals surface area contributed by atoms with Crippen molar-refractivity contribution >= 4 is 11.4 Å². The van der Waals surface area contributed by atoms with E-state index in [-0.39, 0.29) is 0 Å². The molecule has 102 valence electrons. The Labute approximate surface area is 119 Å². The molecule has 0 aliphatic carbocycles. The Morgan fingerprint density at radius 1 is 1.30 bits per heavy atom. The molecule has 4 heteroatoms. The van der Waals surface area contributed by atoms with Crippen molar-refractivity contribution in [1.82, 2.24) is 4.98 Å². The first-order valence-electron chi connectivity index (χ1n) is 6.58. The van der Waals surface area contributed by atoms with Crippen molar-refractivity contribution < 1.29 is 0 Å². The highest BCUT2D eigenvalue weighted by Crippen LogP contribution is 2.28. The minimum Gasteiger partial charge on any atom is -0.397 e. The maximum absolute atomic E-state index is 8.85. The fourth-order valence-electron chi connectivity index (χ4n) is 2.28. The molecule has 2 aromatic rings.